The van der Waals surface area contributed by atoms with Gasteiger partial charge in [0.05, 0.1) is 16.3 Å². The van der Waals surface area contributed by atoms with Crippen LogP contribution in [0, 0.1) is 6.92 Å². The predicted octanol–water partition coefficient (Wildman–Crippen LogP) is 6.94. The monoisotopic (exact) mass is 458 g/mol. The van der Waals surface area contributed by atoms with Crippen LogP contribution in [0.4, 0.5) is 11.4 Å². The van der Waals surface area contributed by atoms with E-state index in [0.29, 0.717) is 12.1 Å². The van der Waals surface area contributed by atoms with Crippen molar-refractivity contribution in [3.63, 3.8) is 0 Å². The van der Waals surface area contributed by atoms with E-state index >= 15 is 0 Å². The SMILES string of the molecule is CCC[C@]1(C/C=C/N(c2ccccc2)S(=O)(=O)c2ccc(C)cc2)C(C)=Nc2ccccc21. The lowest BCUT2D eigenvalue weighted by atomic mass is 9.72. The van der Waals surface area contributed by atoms with Gasteiger partial charge in [0.15, 0.2) is 0 Å². The van der Waals surface area contributed by atoms with Gasteiger partial charge in [-0.05, 0) is 62.6 Å². The second kappa shape index (κ2) is 9.36. The van der Waals surface area contributed by atoms with Crippen LogP contribution in [0.25, 0.3) is 0 Å². The number of sulfonamides is 1. The topological polar surface area (TPSA) is 49.7 Å². The van der Waals surface area contributed by atoms with Gasteiger partial charge in [-0.2, -0.15) is 0 Å². The minimum absolute atomic E-state index is 0.210. The molecule has 1 aliphatic heterocycles. The molecule has 1 aliphatic rings. The second-order valence-electron chi connectivity index (χ2n) is 8.58. The number of para-hydroxylation sites is 2. The summed E-state index contributed by atoms with van der Waals surface area (Å²) < 4.78 is 28.6. The van der Waals surface area contributed by atoms with Gasteiger partial charge in [-0.3, -0.25) is 4.99 Å². The zero-order valence-electron chi connectivity index (χ0n) is 19.4. The number of nitrogens with zero attached hydrogens (tertiary/aromatic N) is 2. The van der Waals surface area contributed by atoms with Crippen LogP contribution in [0.1, 0.15) is 44.2 Å². The summed E-state index contributed by atoms with van der Waals surface area (Å²) in [4.78, 5) is 5.11. The van der Waals surface area contributed by atoms with Crippen molar-refractivity contribution in [3.8, 4) is 0 Å². The van der Waals surface area contributed by atoms with Gasteiger partial charge in [0.25, 0.3) is 10.0 Å². The summed E-state index contributed by atoms with van der Waals surface area (Å²) >= 11 is 0. The molecule has 3 aromatic rings. The van der Waals surface area contributed by atoms with Crippen LogP contribution in [0.5, 0.6) is 0 Å². The third-order valence-electron chi connectivity index (χ3n) is 6.37. The molecule has 0 bridgehead atoms. The van der Waals surface area contributed by atoms with Crippen LogP contribution in [0.2, 0.25) is 0 Å². The maximum Gasteiger partial charge on any atom is 0.268 e. The molecule has 1 heterocycles. The van der Waals surface area contributed by atoms with E-state index in [-0.39, 0.29) is 10.3 Å². The number of benzene rings is 3. The number of hydrogen-bond acceptors (Lipinski definition) is 3. The highest BCUT2D eigenvalue weighted by atomic mass is 32.2. The normalized spacial score (nSPS) is 17.7. The van der Waals surface area contributed by atoms with Gasteiger partial charge in [-0.15, -0.1) is 0 Å². The molecule has 0 saturated heterocycles. The van der Waals surface area contributed by atoms with E-state index in [9.17, 15) is 8.42 Å². The lowest BCUT2D eigenvalue weighted by Gasteiger charge is -2.30. The van der Waals surface area contributed by atoms with E-state index in [1.54, 1.807) is 18.3 Å². The van der Waals surface area contributed by atoms with Crippen LogP contribution in [-0.2, 0) is 15.4 Å². The summed E-state index contributed by atoms with van der Waals surface area (Å²) in [6.45, 7) is 6.21. The number of allylic oxidation sites excluding steroid dienone is 1. The maximum absolute atomic E-state index is 13.6. The first-order valence-electron chi connectivity index (χ1n) is 11.4. The highest BCUT2D eigenvalue weighted by Gasteiger charge is 2.39. The Balaban J connectivity index is 1.72. The highest BCUT2D eigenvalue weighted by molar-refractivity contribution is 7.93. The molecule has 1 atom stereocenters. The standard InChI is InChI=1S/C28H30N2O2S/c1-4-19-28(23(3)29-27-14-9-8-13-26(27)28)20-10-21-30(24-11-6-5-7-12-24)33(31,32)25-17-15-22(2)16-18-25/h5-18,21H,4,19-20H2,1-3H3/b21-10+/t28-/m0/s1. The number of hydrogen-bond donors (Lipinski definition) is 0. The molecule has 4 rings (SSSR count). The summed E-state index contributed by atoms with van der Waals surface area (Å²) in [7, 11) is -3.76. The third kappa shape index (κ3) is 4.38. The van der Waals surface area contributed by atoms with Crippen molar-refractivity contribution in [3.05, 3.63) is 102 Å². The van der Waals surface area contributed by atoms with Gasteiger partial charge in [0.1, 0.15) is 0 Å². The van der Waals surface area contributed by atoms with Crippen molar-refractivity contribution in [2.24, 2.45) is 4.99 Å². The summed E-state index contributed by atoms with van der Waals surface area (Å²) in [6.07, 6.45) is 6.34. The molecule has 3 aromatic carbocycles. The summed E-state index contributed by atoms with van der Waals surface area (Å²) in [5.74, 6) is 0. The first-order valence-corrected chi connectivity index (χ1v) is 12.8. The maximum atomic E-state index is 13.6. The predicted molar refractivity (Wildman–Crippen MR) is 137 cm³/mol. The van der Waals surface area contributed by atoms with Crippen molar-refractivity contribution in [1.29, 1.82) is 0 Å². The van der Waals surface area contributed by atoms with E-state index in [2.05, 4.69) is 32.0 Å². The van der Waals surface area contributed by atoms with Gasteiger partial charge in [-0.1, -0.05) is 73.5 Å². The molecule has 0 aromatic heterocycles. The first-order chi connectivity index (χ1) is 15.9. The van der Waals surface area contributed by atoms with Gasteiger partial charge in [-0.25, -0.2) is 12.7 Å². The summed E-state index contributed by atoms with van der Waals surface area (Å²) in [5, 5.41) is 0. The van der Waals surface area contributed by atoms with Crippen LogP contribution >= 0.6 is 0 Å². The van der Waals surface area contributed by atoms with Crippen molar-refractivity contribution in [1.82, 2.24) is 0 Å². The van der Waals surface area contributed by atoms with Gasteiger partial charge < -0.3 is 0 Å². The van der Waals surface area contributed by atoms with Crippen LogP contribution in [0.3, 0.4) is 0 Å². The third-order valence-corrected chi connectivity index (χ3v) is 8.09. The minimum atomic E-state index is -3.76. The molecule has 0 radical (unpaired) electrons. The Morgan fingerprint density at radius 3 is 2.27 bits per heavy atom. The summed E-state index contributed by atoms with van der Waals surface area (Å²) in [5.41, 5.74) is 4.74. The number of rotatable bonds is 8. The second-order valence-corrected chi connectivity index (χ2v) is 10.4. The Morgan fingerprint density at radius 2 is 1.58 bits per heavy atom. The molecule has 0 N–H and O–H groups in total. The average Bonchev–Trinajstić information content (AvgIpc) is 3.09. The zero-order chi connectivity index (χ0) is 23.5. The van der Waals surface area contributed by atoms with Crippen LogP contribution in [-0.4, -0.2) is 14.1 Å². The van der Waals surface area contributed by atoms with E-state index < -0.39 is 10.0 Å². The van der Waals surface area contributed by atoms with E-state index in [0.717, 1.165) is 29.8 Å². The lowest BCUT2D eigenvalue weighted by Crippen LogP contribution is -2.31. The van der Waals surface area contributed by atoms with Crippen molar-refractivity contribution in [2.45, 2.75) is 50.3 Å². The Labute approximate surface area is 197 Å². The smallest absolute Gasteiger partial charge is 0.257 e. The van der Waals surface area contributed by atoms with Gasteiger partial charge >= 0.3 is 0 Å². The zero-order valence-corrected chi connectivity index (χ0v) is 20.2. The molecule has 5 heteroatoms. The lowest BCUT2D eigenvalue weighted by molar-refractivity contribution is 0.530. The fourth-order valence-electron chi connectivity index (χ4n) is 4.61. The molecule has 0 fully saturated rings. The number of fused-ring (bicyclic) bond motifs is 1. The van der Waals surface area contributed by atoms with Crippen molar-refractivity contribution >= 4 is 27.1 Å². The molecule has 170 valence electrons. The molecule has 0 spiro atoms. The molecule has 0 unspecified atom stereocenters. The molecular weight excluding hydrogens is 428 g/mol. The van der Waals surface area contributed by atoms with E-state index in [1.165, 1.54) is 9.87 Å². The molecule has 4 nitrogen and oxygen atoms in total. The first kappa shape index (κ1) is 23.0. The largest absolute Gasteiger partial charge is 0.268 e. The number of aliphatic imine (C=N–C) groups is 1. The van der Waals surface area contributed by atoms with Crippen LogP contribution < -0.4 is 4.31 Å². The molecule has 33 heavy (non-hydrogen) atoms. The molecule has 0 aliphatic carbocycles. The van der Waals surface area contributed by atoms with E-state index in [1.807, 2.05) is 61.5 Å². The molecule has 0 saturated carbocycles. The van der Waals surface area contributed by atoms with Gasteiger partial charge in [0, 0.05) is 17.3 Å². The van der Waals surface area contributed by atoms with Gasteiger partial charge in [0.2, 0.25) is 0 Å². The van der Waals surface area contributed by atoms with Crippen LogP contribution in [0.15, 0.2) is 101 Å². The Bertz CT molecular complexity index is 1280. The number of anilines is 1. The molecule has 0 amide bonds. The Morgan fingerprint density at radius 1 is 0.909 bits per heavy atom. The fourth-order valence-corrected chi connectivity index (χ4v) is 5.97. The quantitative estimate of drug-likeness (QED) is 0.367. The fraction of sp³-hybridized carbons (Fsp3) is 0.250. The highest BCUT2D eigenvalue weighted by Crippen LogP contribution is 2.45. The Hall–Kier alpha value is -3.18. The van der Waals surface area contributed by atoms with Crippen molar-refractivity contribution in [2.75, 3.05) is 4.31 Å². The minimum Gasteiger partial charge on any atom is -0.257 e. The van der Waals surface area contributed by atoms with Crippen molar-refractivity contribution < 1.29 is 8.42 Å². The Kier molecular flexibility index (Phi) is 6.52. The summed E-state index contributed by atoms with van der Waals surface area (Å²) in [6, 6.07) is 24.5. The molecular formula is C28H30N2O2S. The average molecular weight is 459 g/mol. The van der Waals surface area contributed by atoms with E-state index in [4.69, 9.17) is 4.99 Å². The number of aryl methyl sites for hydroxylation is 1.